The largest absolute Gasteiger partial charge is 0.356 e. The van der Waals surface area contributed by atoms with Crippen LogP contribution in [0, 0.1) is 6.92 Å². The van der Waals surface area contributed by atoms with Gasteiger partial charge in [0.15, 0.2) is 0 Å². The Morgan fingerprint density at radius 1 is 1.16 bits per heavy atom. The number of aryl methyl sites for hydroxylation is 1. The molecule has 1 amide bonds. The van der Waals surface area contributed by atoms with Gasteiger partial charge in [-0.25, -0.2) is 0 Å². The molecule has 0 unspecified atom stereocenters. The zero-order chi connectivity index (χ0) is 17.7. The molecular formula is C20H17ClN2O2. The molecule has 1 aliphatic heterocycles. The molecule has 1 N–H and O–H groups in total. The number of halogens is 1. The topological polar surface area (TPSA) is 51.1 Å². The van der Waals surface area contributed by atoms with Gasteiger partial charge < -0.3 is 5.32 Å². The van der Waals surface area contributed by atoms with Crippen molar-refractivity contribution in [2.75, 3.05) is 6.54 Å². The van der Waals surface area contributed by atoms with Gasteiger partial charge in [-0.05, 0) is 36.6 Å². The summed E-state index contributed by atoms with van der Waals surface area (Å²) >= 11 is 6.32. The molecule has 1 aliphatic rings. The van der Waals surface area contributed by atoms with E-state index in [0.29, 0.717) is 23.6 Å². The van der Waals surface area contributed by atoms with Crippen molar-refractivity contribution in [3.05, 3.63) is 58.1 Å². The monoisotopic (exact) mass is 352 g/mol. The highest BCUT2D eigenvalue weighted by Gasteiger charge is 2.32. The highest BCUT2D eigenvalue weighted by atomic mass is 35.5. The van der Waals surface area contributed by atoms with E-state index in [1.54, 1.807) is 4.57 Å². The molecule has 0 saturated carbocycles. The first-order valence-electron chi connectivity index (χ1n) is 8.21. The quantitative estimate of drug-likeness (QED) is 0.607. The normalized spacial score (nSPS) is 12.4. The third-order valence-electron chi connectivity index (χ3n) is 4.79. The number of benzene rings is 2. The predicted molar refractivity (Wildman–Crippen MR) is 99.2 cm³/mol. The first kappa shape index (κ1) is 15.9. The zero-order valence-corrected chi connectivity index (χ0v) is 14.8. The highest BCUT2D eigenvalue weighted by Crippen LogP contribution is 2.43. The molecule has 4 rings (SSSR count). The molecular weight excluding hydrogens is 336 g/mol. The summed E-state index contributed by atoms with van der Waals surface area (Å²) in [5.41, 5.74) is 5.40. The minimum absolute atomic E-state index is 0.0215. The fourth-order valence-corrected chi connectivity index (χ4v) is 3.83. The number of rotatable bonds is 3. The number of hydrogen-bond donors (Lipinski definition) is 1. The number of amides is 1. The lowest BCUT2D eigenvalue weighted by Crippen LogP contribution is -2.22. The van der Waals surface area contributed by atoms with Crippen molar-refractivity contribution >= 4 is 34.3 Å². The number of carbonyl (C=O) groups is 2. The van der Waals surface area contributed by atoms with Gasteiger partial charge in [0.05, 0.1) is 11.2 Å². The summed E-state index contributed by atoms with van der Waals surface area (Å²) < 4.78 is 1.78. The molecule has 126 valence electrons. The number of fused-ring (bicyclic) bond motifs is 5. The molecule has 2 aromatic carbocycles. The van der Waals surface area contributed by atoms with Crippen molar-refractivity contribution in [1.29, 1.82) is 0 Å². The summed E-state index contributed by atoms with van der Waals surface area (Å²) in [6.45, 7) is 3.97. The van der Waals surface area contributed by atoms with Crippen LogP contribution in [-0.2, 0) is 11.2 Å². The SMILES string of the molecule is CC(=O)NCCc1c2n(c3c(C)c(Cl)ccc13)C(=O)c1ccccc1-2. The van der Waals surface area contributed by atoms with Crippen LogP contribution in [0.15, 0.2) is 36.4 Å². The van der Waals surface area contributed by atoms with Crippen LogP contribution < -0.4 is 5.32 Å². The number of nitrogens with one attached hydrogen (secondary N) is 1. The number of nitrogens with zero attached hydrogens (tertiary/aromatic N) is 1. The van der Waals surface area contributed by atoms with Crippen LogP contribution in [0.3, 0.4) is 0 Å². The molecule has 0 radical (unpaired) electrons. The Hall–Kier alpha value is -2.59. The molecule has 0 aliphatic carbocycles. The van der Waals surface area contributed by atoms with E-state index in [1.165, 1.54) is 6.92 Å². The minimum Gasteiger partial charge on any atom is -0.356 e. The Morgan fingerprint density at radius 3 is 2.60 bits per heavy atom. The maximum atomic E-state index is 13.0. The summed E-state index contributed by atoms with van der Waals surface area (Å²) in [6, 6.07) is 11.5. The maximum absolute atomic E-state index is 13.0. The first-order valence-corrected chi connectivity index (χ1v) is 8.59. The maximum Gasteiger partial charge on any atom is 0.263 e. The molecule has 0 spiro atoms. The van der Waals surface area contributed by atoms with Gasteiger partial charge in [-0.1, -0.05) is 35.9 Å². The summed E-state index contributed by atoms with van der Waals surface area (Å²) in [6.07, 6.45) is 0.654. The van der Waals surface area contributed by atoms with Crippen LogP contribution in [0.1, 0.15) is 28.4 Å². The molecule has 3 aromatic rings. The molecule has 0 atom stereocenters. The van der Waals surface area contributed by atoms with Gasteiger partial charge >= 0.3 is 0 Å². The number of aromatic nitrogens is 1. The van der Waals surface area contributed by atoms with Crippen molar-refractivity contribution in [3.8, 4) is 11.3 Å². The lowest BCUT2D eigenvalue weighted by molar-refractivity contribution is -0.118. The van der Waals surface area contributed by atoms with Crippen molar-refractivity contribution in [2.45, 2.75) is 20.3 Å². The van der Waals surface area contributed by atoms with Gasteiger partial charge in [-0.15, -0.1) is 0 Å². The van der Waals surface area contributed by atoms with E-state index in [0.717, 1.165) is 33.3 Å². The van der Waals surface area contributed by atoms with Gasteiger partial charge in [0.2, 0.25) is 5.91 Å². The fraction of sp³-hybridized carbons (Fsp3) is 0.200. The van der Waals surface area contributed by atoms with Crippen molar-refractivity contribution < 1.29 is 9.59 Å². The Bertz CT molecular complexity index is 1050. The fourth-order valence-electron chi connectivity index (χ4n) is 3.68. The van der Waals surface area contributed by atoms with E-state index < -0.39 is 0 Å². The van der Waals surface area contributed by atoms with E-state index in [9.17, 15) is 9.59 Å². The summed E-state index contributed by atoms with van der Waals surface area (Å²) in [5.74, 6) is -0.0809. The molecule has 1 aromatic heterocycles. The third-order valence-corrected chi connectivity index (χ3v) is 5.20. The second kappa shape index (κ2) is 5.74. The Labute approximate surface area is 150 Å². The molecule has 2 heterocycles. The van der Waals surface area contributed by atoms with Gasteiger partial charge in [0.1, 0.15) is 0 Å². The lowest BCUT2D eigenvalue weighted by atomic mass is 9.99. The van der Waals surface area contributed by atoms with Gasteiger partial charge in [0.25, 0.3) is 5.91 Å². The summed E-state index contributed by atoms with van der Waals surface area (Å²) in [7, 11) is 0. The van der Waals surface area contributed by atoms with Crippen LogP contribution in [0.25, 0.3) is 22.2 Å². The molecule has 4 nitrogen and oxygen atoms in total. The standard InChI is InChI=1S/C20H17ClN2O2/c1-11-17(21)8-7-14-15(9-10-22-12(2)24)19-13-5-3-4-6-16(13)20(25)23(19)18(11)14/h3-8H,9-10H2,1-2H3,(H,22,24). The molecule has 0 saturated heterocycles. The second-order valence-electron chi connectivity index (χ2n) is 6.31. The van der Waals surface area contributed by atoms with Gasteiger partial charge in [-0.2, -0.15) is 0 Å². The van der Waals surface area contributed by atoms with Crippen LogP contribution in [0.2, 0.25) is 5.02 Å². The van der Waals surface area contributed by atoms with E-state index in [-0.39, 0.29) is 11.8 Å². The van der Waals surface area contributed by atoms with E-state index >= 15 is 0 Å². The minimum atomic E-state index is -0.0594. The molecule has 0 bridgehead atoms. The van der Waals surface area contributed by atoms with E-state index in [1.807, 2.05) is 43.3 Å². The van der Waals surface area contributed by atoms with Gasteiger partial charge in [0, 0.05) is 35.0 Å². The van der Waals surface area contributed by atoms with Crippen molar-refractivity contribution in [2.24, 2.45) is 0 Å². The van der Waals surface area contributed by atoms with E-state index in [4.69, 9.17) is 11.6 Å². The summed E-state index contributed by atoms with van der Waals surface area (Å²) in [5, 5.41) is 4.50. The van der Waals surface area contributed by atoms with Crippen LogP contribution >= 0.6 is 11.6 Å². The van der Waals surface area contributed by atoms with Crippen molar-refractivity contribution in [3.63, 3.8) is 0 Å². The number of carbonyl (C=O) groups excluding carboxylic acids is 2. The Kier molecular flexibility index (Phi) is 3.65. The predicted octanol–water partition coefficient (Wildman–Crippen LogP) is 3.95. The average Bonchev–Trinajstić information content (AvgIpc) is 3.06. The molecule has 0 fully saturated rings. The van der Waals surface area contributed by atoms with Crippen LogP contribution in [0.5, 0.6) is 0 Å². The number of hydrogen-bond acceptors (Lipinski definition) is 2. The van der Waals surface area contributed by atoms with Crippen LogP contribution in [0.4, 0.5) is 0 Å². The average molecular weight is 353 g/mol. The Balaban J connectivity index is 2.00. The first-order chi connectivity index (χ1) is 12.0. The third kappa shape index (κ3) is 2.29. The lowest BCUT2D eigenvalue weighted by Gasteiger charge is -2.06. The van der Waals surface area contributed by atoms with Crippen molar-refractivity contribution in [1.82, 2.24) is 9.88 Å². The van der Waals surface area contributed by atoms with E-state index in [2.05, 4.69) is 5.32 Å². The molecule has 5 heteroatoms. The summed E-state index contributed by atoms with van der Waals surface area (Å²) in [4.78, 5) is 24.2. The highest BCUT2D eigenvalue weighted by molar-refractivity contribution is 6.32. The smallest absolute Gasteiger partial charge is 0.263 e. The second-order valence-corrected chi connectivity index (χ2v) is 6.72. The molecule has 25 heavy (non-hydrogen) atoms. The van der Waals surface area contributed by atoms with Crippen LogP contribution in [-0.4, -0.2) is 22.9 Å². The Morgan fingerprint density at radius 2 is 1.88 bits per heavy atom. The zero-order valence-electron chi connectivity index (χ0n) is 14.0. The van der Waals surface area contributed by atoms with Gasteiger partial charge in [-0.3, -0.25) is 14.2 Å².